The lowest BCUT2D eigenvalue weighted by molar-refractivity contribution is -0.385. The van der Waals surface area contributed by atoms with Gasteiger partial charge in [-0.3, -0.25) is 20.2 Å². The molecule has 3 aromatic rings. The fraction of sp³-hybridized carbons (Fsp3) is 0.105. The number of hydrogen-bond donors (Lipinski definition) is 2. The third-order valence-electron chi connectivity index (χ3n) is 4.02. The Kier molecular flexibility index (Phi) is 5.83. The van der Waals surface area contributed by atoms with Crippen LogP contribution in [0.25, 0.3) is 0 Å². The molecule has 0 aliphatic heterocycles. The maximum Gasteiger partial charge on any atom is 0.337 e. The van der Waals surface area contributed by atoms with Crippen molar-refractivity contribution in [3.05, 3.63) is 81.7 Å². The molecule has 29 heavy (non-hydrogen) atoms. The average Bonchev–Trinajstić information content (AvgIpc) is 3.17. The second-order valence-electron chi connectivity index (χ2n) is 5.95. The van der Waals surface area contributed by atoms with Crippen molar-refractivity contribution in [3.63, 3.8) is 0 Å². The van der Waals surface area contributed by atoms with Gasteiger partial charge in [-0.2, -0.15) is 10.2 Å². The highest BCUT2D eigenvalue weighted by Gasteiger charge is 2.11. The summed E-state index contributed by atoms with van der Waals surface area (Å²) in [5.74, 6) is -0.451. The molecular formula is C19H17N5O5. The van der Waals surface area contributed by atoms with E-state index in [2.05, 4.69) is 15.6 Å². The number of aromatic carboxylic acids is 1. The molecule has 148 valence electrons. The van der Waals surface area contributed by atoms with Crippen LogP contribution < -0.4 is 10.2 Å². The zero-order valence-electron chi connectivity index (χ0n) is 15.3. The van der Waals surface area contributed by atoms with Crippen LogP contribution >= 0.6 is 0 Å². The number of methoxy groups -OCH3 is 1. The Balaban J connectivity index is 1.78. The number of ether oxygens (including phenoxy) is 1. The summed E-state index contributed by atoms with van der Waals surface area (Å²) in [6.07, 6.45) is 4.05. The summed E-state index contributed by atoms with van der Waals surface area (Å²) in [6.45, 7) is 0.272. The molecule has 0 amide bonds. The predicted octanol–water partition coefficient (Wildman–Crippen LogP) is 2.99. The zero-order valence-corrected chi connectivity index (χ0v) is 15.3. The lowest BCUT2D eigenvalue weighted by Crippen LogP contribution is -2.04. The first-order valence-corrected chi connectivity index (χ1v) is 8.43. The molecule has 0 aliphatic rings. The number of hydrogen-bond acceptors (Lipinski definition) is 7. The van der Waals surface area contributed by atoms with Crippen molar-refractivity contribution in [2.45, 2.75) is 6.54 Å². The summed E-state index contributed by atoms with van der Waals surface area (Å²) in [4.78, 5) is 21.5. The van der Waals surface area contributed by atoms with Crippen LogP contribution in [0.1, 0.15) is 21.5 Å². The van der Waals surface area contributed by atoms with E-state index in [1.54, 1.807) is 36.4 Å². The smallest absolute Gasteiger partial charge is 0.337 e. The Morgan fingerprint density at radius 2 is 2.17 bits per heavy atom. The Hall–Kier alpha value is -4.21. The number of carbonyl (C=O) groups is 1. The number of anilines is 1. The minimum Gasteiger partial charge on any atom is -0.496 e. The van der Waals surface area contributed by atoms with Crippen LogP contribution in [0.3, 0.4) is 0 Å². The van der Waals surface area contributed by atoms with E-state index in [-0.39, 0.29) is 17.8 Å². The summed E-state index contributed by atoms with van der Waals surface area (Å²) >= 11 is 0. The number of carboxylic acid groups (broad SMARTS) is 1. The summed E-state index contributed by atoms with van der Waals surface area (Å²) in [7, 11) is 1.53. The van der Waals surface area contributed by atoms with E-state index in [0.29, 0.717) is 11.4 Å². The summed E-state index contributed by atoms with van der Waals surface area (Å²) in [6, 6.07) is 11.8. The number of aromatic nitrogens is 2. The van der Waals surface area contributed by atoms with Gasteiger partial charge in [0.05, 0.1) is 36.0 Å². The second kappa shape index (κ2) is 8.65. The number of nitro groups is 1. The average molecular weight is 395 g/mol. The molecular weight excluding hydrogens is 378 g/mol. The van der Waals surface area contributed by atoms with Gasteiger partial charge in [0.1, 0.15) is 18.1 Å². The van der Waals surface area contributed by atoms with Gasteiger partial charge in [-0.25, -0.2) is 4.79 Å². The maximum absolute atomic E-state index is 11.2. The maximum atomic E-state index is 11.2. The van der Waals surface area contributed by atoms with Gasteiger partial charge in [0, 0.05) is 5.56 Å². The number of carboxylic acids is 1. The normalized spacial score (nSPS) is 10.8. The fourth-order valence-corrected chi connectivity index (χ4v) is 2.65. The highest BCUT2D eigenvalue weighted by atomic mass is 16.6. The third kappa shape index (κ3) is 4.75. The van der Waals surface area contributed by atoms with Gasteiger partial charge in [-0.1, -0.05) is 12.1 Å². The summed E-state index contributed by atoms with van der Waals surface area (Å²) in [5, 5.41) is 28.1. The molecule has 10 heteroatoms. The number of hydrazone groups is 1. The van der Waals surface area contributed by atoms with Crippen molar-refractivity contribution in [1.29, 1.82) is 0 Å². The number of para-hydroxylation sites is 1. The largest absolute Gasteiger partial charge is 0.496 e. The first kappa shape index (κ1) is 19.5. The van der Waals surface area contributed by atoms with Crippen LogP contribution in [0, 0.1) is 10.1 Å². The SMILES string of the molecule is COc1ccc(/C=N\Nc2ccccc2C(=O)O)cc1Cn1cc([N+](=O)[O-])cn1. The molecule has 2 N–H and O–H groups in total. The molecule has 0 aliphatic carbocycles. The molecule has 1 heterocycles. The van der Waals surface area contributed by atoms with Crippen LogP contribution in [0.4, 0.5) is 11.4 Å². The molecule has 0 fully saturated rings. The molecule has 0 spiro atoms. The monoisotopic (exact) mass is 395 g/mol. The van der Waals surface area contributed by atoms with Crippen molar-refractivity contribution in [2.75, 3.05) is 12.5 Å². The summed E-state index contributed by atoms with van der Waals surface area (Å²) < 4.78 is 6.79. The lowest BCUT2D eigenvalue weighted by Gasteiger charge is -2.09. The molecule has 1 aromatic heterocycles. The number of nitrogens with zero attached hydrogens (tertiary/aromatic N) is 4. The predicted molar refractivity (Wildman–Crippen MR) is 106 cm³/mol. The van der Waals surface area contributed by atoms with Gasteiger partial charge in [-0.15, -0.1) is 0 Å². The molecule has 0 atom stereocenters. The number of rotatable bonds is 8. The Labute approximate surface area is 165 Å². The zero-order chi connectivity index (χ0) is 20.8. The van der Waals surface area contributed by atoms with Crippen molar-refractivity contribution < 1.29 is 19.6 Å². The van der Waals surface area contributed by atoms with E-state index < -0.39 is 10.9 Å². The quantitative estimate of drug-likeness (QED) is 0.340. The van der Waals surface area contributed by atoms with Gasteiger partial charge in [0.2, 0.25) is 0 Å². The highest BCUT2D eigenvalue weighted by Crippen LogP contribution is 2.21. The van der Waals surface area contributed by atoms with Crippen molar-refractivity contribution in [2.24, 2.45) is 5.10 Å². The first-order valence-electron chi connectivity index (χ1n) is 8.43. The standard InChI is InChI=1S/C19H17N5O5/c1-29-18-7-6-13(8-14(18)11-23-12-15(10-21-23)24(27)28)9-20-22-17-5-3-2-4-16(17)19(25)26/h2-10,12,22H,11H2,1H3,(H,25,26)/b20-9-. The van der Waals surface area contributed by atoms with Crippen molar-refractivity contribution >= 4 is 23.6 Å². The van der Waals surface area contributed by atoms with E-state index in [0.717, 1.165) is 11.1 Å². The Bertz CT molecular complexity index is 1080. The molecule has 0 bridgehead atoms. The van der Waals surface area contributed by atoms with E-state index >= 15 is 0 Å². The molecule has 0 unspecified atom stereocenters. The fourth-order valence-electron chi connectivity index (χ4n) is 2.65. The van der Waals surface area contributed by atoms with Crippen molar-refractivity contribution in [1.82, 2.24) is 9.78 Å². The third-order valence-corrected chi connectivity index (χ3v) is 4.02. The van der Waals surface area contributed by atoms with Crippen LogP contribution in [0.5, 0.6) is 5.75 Å². The number of nitrogens with one attached hydrogen (secondary N) is 1. The van der Waals surface area contributed by atoms with Crippen LogP contribution in [0.2, 0.25) is 0 Å². The van der Waals surface area contributed by atoms with Crippen molar-refractivity contribution in [3.8, 4) is 5.75 Å². The van der Waals surface area contributed by atoms with Gasteiger partial charge in [-0.05, 0) is 35.9 Å². The van der Waals surface area contributed by atoms with E-state index in [4.69, 9.17) is 4.74 Å². The Morgan fingerprint density at radius 3 is 2.86 bits per heavy atom. The minimum absolute atomic E-state index is 0.0945. The van der Waals surface area contributed by atoms with E-state index in [9.17, 15) is 20.0 Å². The molecule has 0 saturated carbocycles. The van der Waals surface area contributed by atoms with Gasteiger partial charge in [0.15, 0.2) is 0 Å². The molecule has 0 radical (unpaired) electrons. The van der Waals surface area contributed by atoms with E-state index in [1.165, 1.54) is 36.5 Å². The van der Waals surface area contributed by atoms with Gasteiger partial charge < -0.3 is 9.84 Å². The highest BCUT2D eigenvalue weighted by molar-refractivity contribution is 5.94. The second-order valence-corrected chi connectivity index (χ2v) is 5.95. The topological polar surface area (TPSA) is 132 Å². The van der Waals surface area contributed by atoms with Crippen LogP contribution in [-0.2, 0) is 6.54 Å². The van der Waals surface area contributed by atoms with Crippen LogP contribution in [0.15, 0.2) is 60.0 Å². The minimum atomic E-state index is -1.05. The molecule has 0 saturated heterocycles. The molecule has 2 aromatic carbocycles. The van der Waals surface area contributed by atoms with Gasteiger partial charge >= 0.3 is 11.7 Å². The van der Waals surface area contributed by atoms with Gasteiger partial charge in [0.25, 0.3) is 0 Å². The Morgan fingerprint density at radius 1 is 1.38 bits per heavy atom. The summed E-state index contributed by atoms with van der Waals surface area (Å²) in [5.41, 5.74) is 4.58. The molecule has 3 rings (SSSR count). The van der Waals surface area contributed by atoms with E-state index in [1.807, 2.05) is 0 Å². The number of benzene rings is 2. The lowest BCUT2D eigenvalue weighted by atomic mass is 10.1. The van der Waals surface area contributed by atoms with Crippen LogP contribution in [-0.4, -0.2) is 39.1 Å². The first-order chi connectivity index (χ1) is 14.0. The molecule has 10 nitrogen and oxygen atoms in total.